The molecule has 0 bridgehead atoms. The van der Waals surface area contributed by atoms with Crippen LogP contribution in [0.25, 0.3) is 5.69 Å². The van der Waals surface area contributed by atoms with Crippen molar-refractivity contribution in [3.05, 3.63) is 34.9 Å². The molecule has 17 heavy (non-hydrogen) atoms. The van der Waals surface area contributed by atoms with Gasteiger partial charge in [0.2, 0.25) is 5.88 Å². The van der Waals surface area contributed by atoms with E-state index in [1.54, 1.807) is 24.3 Å². The maximum absolute atomic E-state index is 11.0. The molecule has 1 aromatic carbocycles. The predicted molar refractivity (Wildman–Crippen MR) is 64.6 cm³/mol. The van der Waals surface area contributed by atoms with Crippen LogP contribution in [0.4, 0.5) is 0 Å². The fourth-order valence-corrected chi connectivity index (χ4v) is 2.12. The minimum atomic E-state index is -4.51. The molecule has 90 valence electrons. The highest BCUT2D eigenvalue weighted by Gasteiger charge is 2.25. The van der Waals surface area contributed by atoms with Gasteiger partial charge in [0, 0.05) is 4.47 Å². The summed E-state index contributed by atoms with van der Waals surface area (Å²) in [6.07, 6.45) is 1.11. The maximum atomic E-state index is 11.0. The van der Waals surface area contributed by atoms with Crippen molar-refractivity contribution in [2.75, 3.05) is 0 Å². The predicted octanol–water partition coefficient (Wildman–Crippen LogP) is 1.14. The normalized spacial score (nSPS) is 11.7. The molecule has 0 spiro atoms. The third-order valence-electron chi connectivity index (χ3n) is 2.08. The fraction of sp³-hybridized carbons (Fsp3) is 0. The Balaban J connectivity index is 2.48. The third kappa shape index (κ3) is 2.58. The van der Waals surface area contributed by atoms with E-state index in [1.807, 2.05) is 0 Å². The average molecular weight is 319 g/mol. The Bertz CT molecular complexity index is 590. The van der Waals surface area contributed by atoms with Gasteiger partial charge in [0.05, 0.1) is 11.9 Å². The number of aromatic hydroxyl groups is 1. The minimum Gasteiger partial charge on any atom is -0.492 e. The molecule has 0 fully saturated rings. The standard InChI is InChI=1S/C9H8BrN2O4P/c10-6-1-3-7(4-2-6)12-5-8(9(13)11-12)17(14,15)16/h1-5H,(H,11,13)(H2,14,15,16). The molecular formula is C9H8BrN2O4P. The molecule has 0 aliphatic carbocycles. The SMILES string of the molecule is O=P(O)(O)c1cn(-c2ccc(Br)cc2)nc1O. The number of hydrogen-bond donors (Lipinski definition) is 3. The Morgan fingerprint density at radius 3 is 2.29 bits per heavy atom. The molecule has 0 aliphatic heterocycles. The van der Waals surface area contributed by atoms with Crippen LogP contribution in [0, 0.1) is 0 Å². The van der Waals surface area contributed by atoms with Crippen molar-refractivity contribution in [3.8, 4) is 11.6 Å². The largest absolute Gasteiger partial charge is 0.492 e. The number of hydrogen-bond acceptors (Lipinski definition) is 3. The highest BCUT2D eigenvalue weighted by Crippen LogP contribution is 2.36. The average Bonchev–Trinajstić information content (AvgIpc) is 2.61. The Morgan fingerprint density at radius 2 is 1.82 bits per heavy atom. The van der Waals surface area contributed by atoms with Crippen molar-refractivity contribution in [2.45, 2.75) is 0 Å². The van der Waals surface area contributed by atoms with E-state index in [0.29, 0.717) is 5.69 Å². The Hall–Kier alpha value is -1.14. The molecule has 0 radical (unpaired) electrons. The number of halogens is 1. The molecule has 2 rings (SSSR count). The summed E-state index contributed by atoms with van der Waals surface area (Å²) in [6, 6.07) is 6.90. The summed E-state index contributed by atoms with van der Waals surface area (Å²) in [5.74, 6) is -0.666. The van der Waals surface area contributed by atoms with Gasteiger partial charge in [-0.25, -0.2) is 4.68 Å². The highest BCUT2D eigenvalue weighted by molar-refractivity contribution is 9.10. The second kappa shape index (κ2) is 4.27. The summed E-state index contributed by atoms with van der Waals surface area (Å²) >= 11 is 3.27. The van der Waals surface area contributed by atoms with Gasteiger partial charge in [-0.1, -0.05) is 15.9 Å². The van der Waals surface area contributed by atoms with Crippen LogP contribution in [-0.4, -0.2) is 24.7 Å². The lowest BCUT2D eigenvalue weighted by Crippen LogP contribution is -2.01. The second-order valence-corrected chi connectivity index (χ2v) is 5.79. The van der Waals surface area contributed by atoms with E-state index in [0.717, 1.165) is 10.7 Å². The smallest absolute Gasteiger partial charge is 0.363 e. The first-order valence-electron chi connectivity index (χ1n) is 4.48. The summed E-state index contributed by atoms with van der Waals surface area (Å²) < 4.78 is 13.1. The van der Waals surface area contributed by atoms with Crippen LogP contribution in [-0.2, 0) is 4.57 Å². The monoisotopic (exact) mass is 318 g/mol. The van der Waals surface area contributed by atoms with Gasteiger partial charge in [0.15, 0.2) is 0 Å². The zero-order valence-electron chi connectivity index (χ0n) is 8.36. The van der Waals surface area contributed by atoms with Crippen LogP contribution in [0.3, 0.4) is 0 Å². The van der Waals surface area contributed by atoms with E-state index >= 15 is 0 Å². The van der Waals surface area contributed by atoms with Crippen LogP contribution in [0.5, 0.6) is 5.88 Å². The first-order valence-corrected chi connectivity index (χ1v) is 6.89. The van der Waals surface area contributed by atoms with E-state index in [1.165, 1.54) is 4.68 Å². The molecule has 8 heteroatoms. The lowest BCUT2D eigenvalue weighted by molar-refractivity contribution is 0.384. The molecule has 6 nitrogen and oxygen atoms in total. The number of benzene rings is 1. The maximum Gasteiger partial charge on any atom is 0.363 e. The van der Waals surface area contributed by atoms with Gasteiger partial charge in [-0.15, -0.1) is 5.10 Å². The molecule has 0 amide bonds. The van der Waals surface area contributed by atoms with Gasteiger partial charge in [0.1, 0.15) is 5.30 Å². The molecule has 0 unspecified atom stereocenters. The lowest BCUT2D eigenvalue weighted by atomic mass is 10.3. The van der Waals surface area contributed by atoms with Gasteiger partial charge < -0.3 is 14.9 Å². The molecule has 0 saturated heterocycles. The molecule has 3 N–H and O–H groups in total. The van der Waals surface area contributed by atoms with Crippen molar-refractivity contribution in [2.24, 2.45) is 0 Å². The van der Waals surface area contributed by atoms with Crippen LogP contribution in [0.2, 0.25) is 0 Å². The molecule has 2 aromatic rings. The summed E-state index contributed by atoms with van der Waals surface area (Å²) in [5, 5.41) is 12.5. The summed E-state index contributed by atoms with van der Waals surface area (Å²) in [5.41, 5.74) is 0.586. The number of nitrogens with zero attached hydrogens (tertiary/aromatic N) is 2. The van der Waals surface area contributed by atoms with Crippen molar-refractivity contribution in [3.63, 3.8) is 0 Å². The Morgan fingerprint density at radius 1 is 1.24 bits per heavy atom. The molecule has 0 saturated carbocycles. The van der Waals surface area contributed by atoms with Crippen molar-refractivity contribution < 1.29 is 19.5 Å². The third-order valence-corrected chi connectivity index (χ3v) is 3.55. The topological polar surface area (TPSA) is 95.6 Å². The molecule has 0 atom stereocenters. The van der Waals surface area contributed by atoms with E-state index in [4.69, 9.17) is 9.79 Å². The Kier molecular flexibility index (Phi) is 3.09. The van der Waals surface area contributed by atoms with Crippen molar-refractivity contribution in [1.29, 1.82) is 0 Å². The molecule has 1 heterocycles. The highest BCUT2D eigenvalue weighted by atomic mass is 79.9. The van der Waals surface area contributed by atoms with E-state index in [2.05, 4.69) is 21.0 Å². The quantitative estimate of drug-likeness (QED) is 0.722. The van der Waals surface area contributed by atoms with E-state index in [9.17, 15) is 9.67 Å². The first-order chi connectivity index (χ1) is 7.88. The van der Waals surface area contributed by atoms with Crippen LogP contribution in [0.1, 0.15) is 0 Å². The van der Waals surface area contributed by atoms with Gasteiger partial charge in [-0.05, 0) is 24.3 Å². The zero-order chi connectivity index (χ0) is 12.6. The fourth-order valence-electron chi connectivity index (χ4n) is 1.29. The van der Waals surface area contributed by atoms with Gasteiger partial charge in [-0.3, -0.25) is 4.57 Å². The van der Waals surface area contributed by atoms with E-state index in [-0.39, 0.29) is 0 Å². The summed E-state index contributed by atoms with van der Waals surface area (Å²) in [4.78, 5) is 17.9. The first kappa shape index (κ1) is 12.3. The zero-order valence-corrected chi connectivity index (χ0v) is 10.8. The minimum absolute atomic E-state index is 0.486. The van der Waals surface area contributed by atoms with Crippen molar-refractivity contribution >= 4 is 28.8 Å². The summed E-state index contributed by atoms with van der Waals surface area (Å²) in [7, 11) is -4.51. The second-order valence-electron chi connectivity index (χ2n) is 3.30. The van der Waals surface area contributed by atoms with E-state index < -0.39 is 18.8 Å². The molecule has 1 aromatic heterocycles. The van der Waals surface area contributed by atoms with Crippen molar-refractivity contribution in [1.82, 2.24) is 9.78 Å². The van der Waals surface area contributed by atoms with Gasteiger partial charge in [-0.2, -0.15) is 0 Å². The number of aromatic nitrogens is 2. The number of rotatable bonds is 2. The molecular weight excluding hydrogens is 311 g/mol. The Labute approximate surface area is 105 Å². The molecule has 0 aliphatic rings. The van der Waals surface area contributed by atoms with Crippen LogP contribution < -0.4 is 5.30 Å². The van der Waals surface area contributed by atoms with Crippen LogP contribution in [0.15, 0.2) is 34.9 Å². The van der Waals surface area contributed by atoms with Crippen LogP contribution >= 0.6 is 23.5 Å². The lowest BCUT2D eigenvalue weighted by Gasteiger charge is -2.00. The van der Waals surface area contributed by atoms with Gasteiger partial charge in [0.25, 0.3) is 0 Å². The van der Waals surface area contributed by atoms with Gasteiger partial charge >= 0.3 is 7.60 Å². The summed E-state index contributed by atoms with van der Waals surface area (Å²) in [6.45, 7) is 0.